The van der Waals surface area contributed by atoms with Crippen LogP contribution < -0.4 is 4.74 Å². The molecule has 0 unspecified atom stereocenters. The Bertz CT molecular complexity index is 837. The van der Waals surface area contributed by atoms with Crippen LogP contribution in [0.15, 0.2) is 30.3 Å². The van der Waals surface area contributed by atoms with Gasteiger partial charge in [0.15, 0.2) is 5.75 Å². The van der Waals surface area contributed by atoms with Gasteiger partial charge >= 0.3 is 0 Å². The lowest BCUT2D eigenvalue weighted by Gasteiger charge is -2.42. The molecule has 0 aromatic heterocycles. The average molecular weight is 401 g/mol. The molecular formula is C19H16F5NOS. The molecule has 0 N–H and O–H groups in total. The van der Waals surface area contributed by atoms with Gasteiger partial charge < -0.3 is 9.64 Å². The molecule has 1 saturated heterocycles. The summed E-state index contributed by atoms with van der Waals surface area (Å²) in [6.45, 7) is 2.62. The van der Waals surface area contributed by atoms with E-state index in [-0.39, 0.29) is 12.8 Å². The van der Waals surface area contributed by atoms with Crippen molar-refractivity contribution in [3.8, 4) is 5.75 Å². The molecule has 3 rings (SSSR count). The van der Waals surface area contributed by atoms with Crippen molar-refractivity contribution in [1.29, 1.82) is 0 Å². The maximum atomic E-state index is 14.2. The highest BCUT2D eigenvalue weighted by Crippen LogP contribution is 2.41. The van der Waals surface area contributed by atoms with E-state index in [0.29, 0.717) is 23.6 Å². The Morgan fingerprint density at radius 1 is 0.889 bits per heavy atom. The normalized spacial score (nSPS) is 16.3. The summed E-state index contributed by atoms with van der Waals surface area (Å²) >= 11 is 5.15. The van der Waals surface area contributed by atoms with Gasteiger partial charge in [-0.25, -0.2) is 13.2 Å². The lowest BCUT2D eigenvalue weighted by Crippen LogP contribution is -2.47. The van der Waals surface area contributed by atoms with Gasteiger partial charge in [0, 0.05) is 25.9 Å². The average Bonchev–Trinajstić information content (AvgIpc) is 2.69. The van der Waals surface area contributed by atoms with Crippen LogP contribution in [0.1, 0.15) is 25.3 Å². The van der Waals surface area contributed by atoms with E-state index in [0.717, 1.165) is 0 Å². The third-order valence-corrected chi connectivity index (χ3v) is 5.04. The number of likely N-dealkylation sites (tertiary alicyclic amines) is 1. The summed E-state index contributed by atoms with van der Waals surface area (Å²) < 4.78 is 74.4. The first-order valence-corrected chi connectivity index (χ1v) is 8.69. The minimum atomic E-state index is -2.21. The second kappa shape index (κ2) is 7.42. The van der Waals surface area contributed by atoms with Crippen LogP contribution in [0.25, 0.3) is 0 Å². The first-order valence-electron chi connectivity index (χ1n) is 8.28. The van der Waals surface area contributed by atoms with Gasteiger partial charge in [0.25, 0.3) is 0 Å². The van der Waals surface area contributed by atoms with Gasteiger partial charge in [0.1, 0.15) is 5.60 Å². The number of hydrogen-bond donors (Lipinski definition) is 0. The van der Waals surface area contributed by atoms with Crippen molar-refractivity contribution < 1.29 is 26.7 Å². The molecule has 8 heteroatoms. The largest absolute Gasteiger partial charge is 0.476 e. The molecule has 0 aliphatic carbocycles. The molecular weight excluding hydrogens is 385 g/mol. The summed E-state index contributed by atoms with van der Waals surface area (Å²) in [6, 6.07) is 8.59. The number of thiocarbonyl (C=S) groups is 1. The van der Waals surface area contributed by atoms with E-state index < -0.39 is 40.4 Å². The van der Waals surface area contributed by atoms with Crippen molar-refractivity contribution >= 4 is 17.2 Å². The fourth-order valence-electron chi connectivity index (χ4n) is 3.24. The maximum Gasteiger partial charge on any atom is 0.207 e. The number of benzene rings is 2. The van der Waals surface area contributed by atoms with Crippen molar-refractivity contribution in [2.45, 2.75) is 25.4 Å². The third kappa shape index (κ3) is 3.50. The van der Waals surface area contributed by atoms with E-state index in [4.69, 9.17) is 17.0 Å². The van der Waals surface area contributed by atoms with Gasteiger partial charge in [0.05, 0.1) is 4.99 Å². The molecule has 1 aliphatic rings. The van der Waals surface area contributed by atoms with Crippen molar-refractivity contribution in [2.24, 2.45) is 0 Å². The van der Waals surface area contributed by atoms with Gasteiger partial charge in [-0.15, -0.1) is 0 Å². The Balaban J connectivity index is 2.06. The molecule has 2 nitrogen and oxygen atoms in total. The lowest BCUT2D eigenvalue weighted by molar-refractivity contribution is 0.00510. The first kappa shape index (κ1) is 19.5. The fraction of sp³-hybridized carbons (Fsp3) is 0.316. The number of piperidine rings is 1. The van der Waals surface area contributed by atoms with Crippen LogP contribution in [0.3, 0.4) is 0 Å². The van der Waals surface area contributed by atoms with E-state index in [9.17, 15) is 22.0 Å². The molecule has 2 aromatic carbocycles. The molecule has 27 heavy (non-hydrogen) atoms. The number of rotatable bonds is 3. The second-order valence-electron chi connectivity index (χ2n) is 6.37. The van der Waals surface area contributed by atoms with Crippen molar-refractivity contribution in [3.63, 3.8) is 0 Å². The van der Waals surface area contributed by atoms with Crippen LogP contribution in [-0.4, -0.2) is 23.0 Å². The molecule has 0 saturated carbocycles. The summed E-state index contributed by atoms with van der Waals surface area (Å²) in [7, 11) is 0. The Hall–Kier alpha value is -2.22. The molecule has 1 fully saturated rings. The maximum absolute atomic E-state index is 14.2. The molecule has 0 amide bonds. The quantitative estimate of drug-likeness (QED) is 0.307. The number of hydrogen-bond acceptors (Lipinski definition) is 2. The monoisotopic (exact) mass is 401 g/mol. The van der Waals surface area contributed by atoms with Gasteiger partial charge in [-0.3, -0.25) is 0 Å². The summed E-state index contributed by atoms with van der Waals surface area (Å²) in [5.74, 6) is -11.5. The molecule has 2 aromatic rings. The summed E-state index contributed by atoms with van der Waals surface area (Å²) in [4.78, 5) is 2.56. The number of nitrogens with zero attached hydrogens (tertiary/aromatic N) is 1. The Kier molecular flexibility index (Phi) is 5.37. The van der Waals surface area contributed by atoms with Crippen LogP contribution in [0.5, 0.6) is 5.75 Å². The molecule has 0 atom stereocenters. The Morgan fingerprint density at radius 3 is 1.85 bits per heavy atom. The molecule has 0 bridgehead atoms. The minimum Gasteiger partial charge on any atom is -0.476 e. The van der Waals surface area contributed by atoms with E-state index >= 15 is 0 Å². The van der Waals surface area contributed by atoms with Gasteiger partial charge in [-0.1, -0.05) is 42.5 Å². The Morgan fingerprint density at radius 2 is 1.37 bits per heavy atom. The van der Waals surface area contributed by atoms with Crippen molar-refractivity contribution in [3.05, 3.63) is 65.0 Å². The zero-order chi connectivity index (χ0) is 19.8. The topological polar surface area (TPSA) is 12.5 Å². The highest BCUT2D eigenvalue weighted by atomic mass is 32.1. The van der Waals surface area contributed by atoms with Crippen LogP contribution in [-0.2, 0) is 5.60 Å². The van der Waals surface area contributed by atoms with Crippen molar-refractivity contribution in [2.75, 3.05) is 13.1 Å². The van der Waals surface area contributed by atoms with Gasteiger partial charge in [-0.2, -0.15) is 8.78 Å². The predicted octanol–water partition coefficient (Wildman–Crippen LogP) is 5.10. The molecule has 1 heterocycles. The first-order chi connectivity index (χ1) is 12.8. The third-order valence-electron chi connectivity index (χ3n) is 4.78. The van der Waals surface area contributed by atoms with Crippen LogP contribution in [0.4, 0.5) is 22.0 Å². The summed E-state index contributed by atoms with van der Waals surface area (Å²) in [5, 5.41) is 0. The number of halogens is 5. The molecule has 1 aliphatic heterocycles. The highest BCUT2D eigenvalue weighted by Gasteiger charge is 2.41. The molecule has 0 spiro atoms. The van der Waals surface area contributed by atoms with Gasteiger partial charge in [0.2, 0.25) is 29.1 Å². The van der Waals surface area contributed by atoms with Gasteiger partial charge in [-0.05, 0) is 12.5 Å². The Labute approximate surface area is 158 Å². The van der Waals surface area contributed by atoms with E-state index in [1.54, 1.807) is 37.3 Å². The SMILES string of the molecule is CC(=S)N1CCC(Oc2c(F)c(F)c(F)c(F)c2F)(c2ccccc2)CC1. The standard InChI is InChI=1S/C19H16F5NOS/c1-11(27)25-9-7-19(8-10-25,12-5-3-2-4-6-12)26-18-16(23)14(21)13(20)15(22)17(18)24/h2-6H,7-10H2,1H3. The number of ether oxygens (including phenoxy) is 1. The minimum absolute atomic E-state index is 0.268. The predicted molar refractivity (Wildman–Crippen MR) is 94.1 cm³/mol. The van der Waals surface area contributed by atoms with E-state index in [1.165, 1.54) is 0 Å². The zero-order valence-corrected chi connectivity index (χ0v) is 15.2. The smallest absolute Gasteiger partial charge is 0.207 e. The van der Waals surface area contributed by atoms with Crippen LogP contribution in [0, 0.1) is 29.1 Å². The summed E-state index contributed by atoms with van der Waals surface area (Å²) in [5.41, 5.74) is -0.642. The van der Waals surface area contributed by atoms with Crippen molar-refractivity contribution in [1.82, 2.24) is 4.90 Å². The second-order valence-corrected chi connectivity index (χ2v) is 6.96. The lowest BCUT2D eigenvalue weighted by atomic mass is 9.84. The zero-order valence-electron chi connectivity index (χ0n) is 14.4. The van der Waals surface area contributed by atoms with Crippen LogP contribution >= 0.6 is 12.2 Å². The van der Waals surface area contributed by atoms with Crippen LogP contribution in [0.2, 0.25) is 0 Å². The molecule has 144 valence electrons. The summed E-state index contributed by atoms with van der Waals surface area (Å²) in [6.07, 6.45) is 0.537. The molecule has 0 radical (unpaired) electrons. The van der Waals surface area contributed by atoms with E-state index in [2.05, 4.69) is 0 Å². The highest BCUT2D eigenvalue weighted by molar-refractivity contribution is 7.80. The van der Waals surface area contributed by atoms with E-state index in [1.807, 2.05) is 4.90 Å². The fourth-order valence-corrected chi connectivity index (χ4v) is 3.43.